The molecule has 0 saturated carbocycles. The number of benzene rings is 2. The Morgan fingerprint density at radius 3 is 2.21 bits per heavy atom. The van der Waals surface area contributed by atoms with Gasteiger partial charge >= 0.3 is 0 Å². The van der Waals surface area contributed by atoms with E-state index in [1.807, 2.05) is 24.3 Å². The third-order valence-electron chi connectivity index (χ3n) is 3.37. The normalized spacial score (nSPS) is 9.92. The largest absolute Gasteiger partial charge is 0.496 e. The molecule has 6 heteroatoms. The molecule has 6 nitrogen and oxygen atoms in total. The van der Waals surface area contributed by atoms with E-state index < -0.39 is 5.91 Å². The van der Waals surface area contributed by atoms with E-state index >= 15 is 0 Å². The first kappa shape index (κ1) is 17.3. The number of hydrogen-bond acceptors (Lipinski definition) is 4. The average Bonchev–Trinajstić information content (AvgIpc) is 2.60. The predicted molar refractivity (Wildman–Crippen MR) is 91.1 cm³/mol. The summed E-state index contributed by atoms with van der Waals surface area (Å²) in [6, 6.07) is 14.4. The van der Waals surface area contributed by atoms with Crippen molar-refractivity contribution in [3.63, 3.8) is 0 Å². The average molecular weight is 328 g/mol. The van der Waals surface area contributed by atoms with Crippen LogP contribution in [0, 0.1) is 0 Å². The van der Waals surface area contributed by atoms with Gasteiger partial charge in [-0.2, -0.15) is 0 Å². The Morgan fingerprint density at radius 1 is 0.875 bits per heavy atom. The molecule has 2 rings (SSSR count). The van der Waals surface area contributed by atoms with Crippen LogP contribution < -0.4 is 20.1 Å². The van der Waals surface area contributed by atoms with E-state index in [9.17, 15) is 9.59 Å². The molecule has 0 bridgehead atoms. The van der Waals surface area contributed by atoms with Gasteiger partial charge in [-0.05, 0) is 18.2 Å². The highest BCUT2D eigenvalue weighted by atomic mass is 16.5. The van der Waals surface area contributed by atoms with Crippen LogP contribution in [0.15, 0.2) is 48.5 Å². The van der Waals surface area contributed by atoms with Crippen LogP contribution in [0.4, 0.5) is 5.69 Å². The number of rotatable bonds is 7. The lowest BCUT2D eigenvalue weighted by molar-refractivity contribution is -0.126. The van der Waals surface area contributed by atoms with Crippen molar-refractivity contribution in [1.29, 1.82) is 0 Å². The molecule has 0 unspecified atom stereocenters. The van der Waals surface area contributed by atoms with Gasteiger partial charge in [0.05, 0.1) is 19.9 Å². The number of anilines is 1. The zero-order chi connectivity index (χ0) is 17.4. The van der Waals surface area contributed by atoms with Crippen LogP contribution in [0.25, 0.3) is 0 Å². The molecule has 126 valence electrons. The Kier molecular flexibility index (Phi) is 6.19. The SMILES string of the molecule is COc1ccccc1CNC(=O)CC(=O)Nc1ccccc1OC. The maximum atomic E-state index is 12.0. The molecule has 0 radical (unpaired) electrons. The third kappa shape index (κ3) is 4.74. The summed E-state index contributed by atoms with van der Waals surface area (Å²) in [7, 11) is 3.09. The monoisotopic (exact) mass is 328 g/mol. The molecule has 0 heterocycles. The highest BCUT2D eigenvalue weighted by Gasteiger charge is 2.12. The summed E-state index contributed by atoms with van der Waals surface area (Å²) >= 11 is 0. The second-order valence-corrected chi connectivity index (χ2v) is 5.01. The molecule has 0 aliphatic carbocycles. The number of nitrogens with one attached hydrogen (secondary N) is 2. The molecule has 0 atom stereocenters. The Labute approximate surface area is 140 Å². The standard InChI is InChI=1S/C18H20N2O4/c1-23-15-9-5-3-7-13(15)12-19-17(21)11-18(22)20-14-8-4-6-10-16(14)24-2/h3-10H,11-12H2,1-2H3,(H,19,21)(H,20,22). The lowest BCUT2D eigenvalue weighted by Gasteiger charge is -2.11. The summed E-state index contributed by atoms with van der Waals surface area (Å²) in [6.07, 6.45) is -0.271. The van der Waals surface area contributed by atoms with Crippen molar-refractivity contribution in [2.45, 2.75) is 13.0 Å². The van der Waals surface area contributed by atoms with E-state index in [2.05, 4.69) is 10.6 Å². The fraction of sp³-hybridized carbons (Fsp3) is 0.222. The Morgan fingerprint density at radius 2 is 1.50 bits per heavy atom. The summed E-state index contributed by atoms with van der Waals surface area (Å²) in [6.45, 7) is 0.296. The van der Waals surface area contributed by atoms with Crippen molar-refractivity contribution in [2.24, 2.45) is 0 Å². The second-order valence-electron chi connectivity index (χ2n) is 5.01. The lowest BCUT2D eigenvalue weighted by atomic mass is 10.2. The number of methoxy groups -OCH3 is 2. The summed E-state index contributed by atoms with van der Waals surface area (Å²) in [4.78, 5) is 23.9. The fourth-order valence-corrected chi connectivity index (χ4v) is 2.19. The summed E-state index contributed by atoms with van der Waals surface area (Å²) in [5.41, 5.74) is 1.38. The van der Waals surface area contributed by atoms with E-state index in [1.165, 1.54) is 7.11 Å². The van der Waals surface area contributed by atoms with Gasteiger partial charge in [-0.25, -0.2) is 0 Å². The van der Waals surface area contributed by atoms with Gasteiger partial charge in [0.25, 0.3) is 0 Å². The van der Waals surface area contributed by atoms with Gasteiger partial charge in [-0.15, -0.1) is 0 Å². The topological polar surface area (TPSA) is 76.7 Å². The number of carbonyl (C=O) groups excluding carboxylic acids is 2. The first-order chi connectivity index (χ1) is 11.6. The predicted octanol–water partition coefficient (Wildman–Crippen LogP) is 2.35. The molecule has 2 aromatic carbocycles. The van der Waals surface area contributed by atoms with Gasteiger partial charge in [0.2, 0.25) is 11.8 Å². The van der Waals surface area contributed by atoms with E-state index in [-0.39, 0.29) is 12.3 Å². The molecule has 0 aliphatic heterocycles. The summed E-state index contributed by atoms with van der Waals surface area (Å²) in [5, 5.41) is 5.37. The number of ether oxygens (including phenoxy) is 2. The number of hydrogen-bond donors (Lipinski definition) is 2. The molecule has 0 aliphatic rings. The minimum atomic E-state index is -0.406. The van der Waals surface area contributed by atoms with Crippen LogP contribution >= 0.6 is 0 Å². The van der Waals surface area contributed by atoms with Crippen molar-refractivity contribution < 1.29 is 19.1 Å². The first-order valence-corrected chi connectivity index (χ1v) is 7.45. The van der Waals surface area contributed by atoms with E-state index in [1.54, 1.807) is 31.4 Å². The number of amides is 2. The van der Waals surface area contributed by atoms with Crippen LogP contribution in [0.5, 0.6) is 11.5 Å². The van der Waals surface area contributed by atoms with Crippen molar-refractivity contribution in [3.8, 4) is 11.5 Å². The maximum Gasteiger partial charge on any atom is 0.233 e. The molecule has 0 fully saturated rings. The van der Waals surface area contributed by atoms with Gasteiger partial charge in [-0.3, -0.25) is 9.59 Å². The van der Waals surface area contributed by atoms with E-state index in [4.69, 9.17) is 9.47 Å². The van der Waals surface area contributed by atoms with Crippen LogP contribution in [-0.4, -0.2) is 26.0 Å². The van der Waals surface area contributed by atoms with Crippen LogP contribution in [-0.2, 0) is 16.1 Å². The van der Waals surface area contributed by atoms with Crippen LogP contribution in [0.2, 0.25) is 0 Å². The molecule has 0 spiro atoms. The Balaban J connectivity index is 1.87. The molecular formula is C18H20N2O4. The molecule has 0 aromatic heterocycles. The lowest BCUT2D eigenvalue weighted by Crippen LogP contribution is -2.28. The molecule has 0 saturated heterocycles. The first-order valence-electron chi connectivity index (χ1n) is 7.45. The van der Waals surface area contributed by atoms with Gasteiger partial charge in [0, 0.05) is 12.1 Å². The summed E-state index contributed by atoms with van der Waals surface area (Å²) in [5.74, 6) is 0.460. The molecule has 2 amide bonds. The van der Waals surface area contributed by atoms with E-state index in [0.717, 1.165) is 5.56 Å². The highest BCUT2D eigenvalue weighted by Crippen LogP contribution is 2.23. The van der Waals surface area contributed by atoms with Gasteiger partial charge in [-0.1, -0.05) is 30.3 Å². The Hall–Kier alpha value is -3.02. The van der Waals surface area contributed by atoms with Gasteiger partial charge in [0.15, 0.2) is 0 Å². The van der Waals surface area contributed by atoms with Crippen molar-refractivity contribution in [1.82, 2.24) is 5.32 Å². The molecule has 24 heavy (non-hydrogen) atoms. The van der Waals surface area contributed by atoms with Crippen LogP contribution in [0.3, 0.4) is 0 Å². The van der Waals surface area contributed by atoms with E-state index in [0.29, 0.717) is 23.7 Å². The second kappa shape index (κ2) is 8.57. The minimum Gasteiger partial charge on any atom is -0.496 e. The quantitative estimate of drug-likeness (QED) is 0.765. The third-order valence-corrected chi connectivity index (χ3v) is 3.37. The maximum absolute atomic E-state index is 12.0. The summed E-state index contributed by atoms with van der Waals surface area (Å²) < 4.78 is 10.4. The van der Waals surface area contributed by atoms with Gasteiger partial charge < -0.3 is 20.1 Å². The minimum absolute atomic E-state index is 0.271. The zero-order valence-electron chi connectivity index (χ0n) is 13.7. The zero-order valence-corrected chi connectivity index (χ0v) is 13.7. The molecule has 2 N–H and O–H groups in total. The number of carbonyl (C=O) groups is 2. The van der Waals surface area contributed by atoms with Crippen molar-refractivity contribution in [3.05, 3.63) is 54.1 Å². The van der Waals surface area contributed by atoms with Crippen LogP contribution in [0.1, 0.15) is 12.0 Å². The molecular weight excluding hydrogens is 308 g/mol. The smallest absolute Gasteiger partial charge is 0.233 e. The van der Waals surface area contributed by atoms with Crippen molar-refractivity contribution >= 4 is 17.5 Å². The fourth-order valence-electron chi connectivity index (χ4n) is 2.19. The van der Waals surface area contributed by atoms with Crippen molar-refractivity contribution in [2.75, 3.05) is 19.5 Å². The number of para-hydroxylation sites is 3. The van der Waals surface area contributed by atoms with Gasteiger partial charge in [0.1, 0.15) is 17.9 Å². The highest BCUT2D eigenvalue weighted by molar-refractivity contribution is 6.04. The molecule has 2 aromatic rings. The Bertz CT molecular complexity index is 716.